The molecule has 2 N–H and O–H groups in total. The van der Waals surface area contributed by atoms with Crippen LogP contribution in [0, 0.1) is 5.41 Å². The monoisotopic (exact) mass is 241 g/mol. The quantitative estimate of drug-likeness (QED) is 0.800. The molecule has 4 unspecified atom stereocenters. The largest absolute Gasteiger partial charge is 0.327 e. The van der Waals surface area contributed by atoms with Gasteiger partial charge in [0.1, 0.15) is 0 Å². The summed E-state index contributed by atoms with van der Waals surface area (Å²) in [4.78, 5) is 5.07. The normalized spacial score (nSPS) is 32.5. The van der Waals surface area contributed by atoms with Crippen molar-refractivity contribution in [1.82, 2.24) is 9.80 Å². The zero-order chi connectivity index (χ0) is 13.4. The summed E-state index contributed by atoms with van der Waals surface area (Å²) in [6, 6.07) is 1.91. The summed E-state index contributed by atoms with van der Waals surface area (Å²) in [7, 11) is 2.23. The second kappa shape index (κ2) is 5.25. The molecule has 3 nitrogen and oxygen atoms in total. The number of hydrogen-bond acceptors (Lipinski definition) is 3. The van der Waals surface area contributed by atoms with Gasteiger partial charge >= 0.3 is 0 Å². The lowest BCUT2D eigenvalue weighted by Crippen LogP contribution is -2.63. The van der Waals surface area contributed by atoms with Crippen molar-refractivity contribution in [2.75, 3.05) is 20.1 Å². The van der Waals surface area contributed by atoms with Crippen LogP contribution in [0.4, 0.5) is 0 Å². The highest BCUT2D eigenvalue weighted by molar-refractivity contribution is 4.94. The number of hydrogen-bond donors (Lipinski definition) is 1. The van der Waals surface area contributed by atoms with Crippen molar-refractivity contribution in [3.8, 4) is 0 Å². The van der Waals surface area contributed by atoms with Gasteiger partial charge in [0, 0.05) is 37.3 Å². The van der Waals surface area contributed by atoms with Crippen molar-refractivity contribution < 1.29 is 0 Å². The Balaban J connectivity index is 2.83. The van der Waals surface area contributed by atoms with Gasteiger partial charge in [0.2, 0.25) is 0 Å². The molecule has 0 aromatic rings. The van der Waals surface area contributed by atoms with E-state index in [2.05, 4.69) is 58.4 Å². The van der Waals surface area contributed by atoms with Crippen LogP contribution in [0.25, 0.3) is 0 Å². The molecule has 102 valence electrons. The second-order valence-corrected chi connectivity index (χ2v) is 6.99. The number of nitrogens with zero attached hydrogens (tertiary/aromatic N) is 2. The summed E-state index contributed by atoms with van der Waals surface area (Å²) in [5, 5.41) is 0. The van der Waals surface area contributed by atoms with Crippen LogP contribution in [0.15, 0.2) is 0 Å². The topological polar surface area (TPSA) is 32.5 Å². The maximum atomic E-state index is 6.22. The zero-order valence-corrected chi connectivity index (χ0v) is 12.7. The second-order valence-electron chi connectivity index (χ2n) is 6.99. The summed E-state index contributed by atoms with van der Waals surface area (Å²) in [5.74, 6) is 0. The van der Waals surface area contributed by atoms with Crippen LogP contribution >= 0.6 is 0 Å². The number of piperazine rings is 1. The van der Waals surface area contributed by atoms with Crippen LogP contribution in [-0.4, -0.2) is 54.1 Å². The van der Waals surface area contributed by atoms with E-state index in [1.54, 1.807) is 0 Å². The van der Waals surface area contributed by atoms with E-state index in [1.807, 2.05) is 0 Å². The van der Waals surface area contributed by atoms with Crippen molar-refractivity contribution >= 4 is 0 Å². The van der Waals surface area contributed by atoms with E-state index in [0.29, 0.717) is 18.1 Å². The molecule has 1 aliphatic heterocycles. The van der Waals surface area contributed by atoms with Crippen molar-refractivity contribution in [2.24, 2.45) is 11.1 Å². The van der Waals surface area contributed by atoms with E-state index in [0.717, 1.165) is 13.1 Å². The zero-order valence-electron chi connectivity index (χ0n) is 12.7. The molecule has 0 aromatic carbocycles. The van der Waals surface area contributed by atoms with E-state index >= 15 is 0 Å². The predicted molar refractivity (Wildman–Crippen MR) is 75.2 cm³/mol. The molecule has 1 fully saturated rings. The highest BCUT2D eigenvalue weighted by Crippen LogP contribution is 2.29. The molecule has 1 aliphatic rings. The van der Waals surface area contributed by atoms with Crippen LogP contribution in [0.3, 0.4) is 0 Å². The lowest BCUT2D eigenvalue weighted by atomic mass is 9.81. The van der Waals surface area contributed by atoms with E-state index < -0.39 is 0 Å². The molecule has 1 saturated heterocycles. The third-order valence-electron chi connectivity index (χ3n) is 4.17. The Morgan fingerprint density at radius 1 is 1.12 bits per heavy atom. The number of nitrogens with two attached hydrogens (primary N) is 1. The molecule has 1 heterocycles. The first-order valence-electron chi connectivity index (χ1n) is 6.86. The predicted octanol–water partition coefficient (Wildman–Crippen LogP) is 1.77. The van der Waals surface area contributed by atoms with Gasteiger partial charge in [-0.15, -0.1) is 0 Å². The minimum absolute atomic E-state index is 0.220. The Hall–Kier alpha value is -0.120. The van der Waals surface area contributed by atoms with E-state index in [9.17, 15) is 0 Å². The molecule has 17 heavy (non-hydrogen) atoms. The Labute approximate surface area is 107 Å². The van der Waals surface area contributed by atoms with Gasteiger partial charge in [-0.3, -0.25) is 9.80 Å². The fraction of sp³-hybridized carbons (Fsp3) is 1.00. The highest BCUT2D eigenvalue weighted by Gasteiger charge is 2.37. The van der Waals surface area contributed by atoms with Crippen molar-refractivity contribution in [2.45, 2.75) is 65.7 Å². The van der Waals surface area contributed by atoms with Gasteiger partial charge < -0.3 is 5.73 Å². The van der Waals surface area contributed by atoms with Gasteiger partial charge in [0.05, 0.1) is 0 Å². The van der Waals surface area contributed by atoms with Gasteiger partial charge in [-0.05, 0) is 33.2 Å². The molecule has 0 amide bonds. The first kappa shape index (κ1) is 14.9. The molecule has 0 bridgehead atoms. The van der Waals surface area contributed by atoms with Gasteiger partial charge in [-0.2, -0.15) is 0 Å². The Morgan fingerprint density at radius 3 is 1.82 bits per heavy atom. The summed E-state index contributed by atoms with van der Waals surface area (Å²) in [6.07, 6.45) is 0. The third-order valence-corrected chi connectivity index (χ3v) is 4.17. The van der Waals surface area contributed by atoms with Gasteiger partial charge in [-0.25, -0.2) is 0 Å². The van der Waals surface area contributed by atoms with E-state index in [1.165, 1.54) is 0 Å². The molecule has 0 aromatic heterocycles. The maximum absolute atomic E-state index is 6.22. The first-order chi connectivity index (χ1) is 7.64. The minimum atomic E-state index is 0.220. The molecule has 0 aliphatic carbocycles. The maximum Gasteiger partial charge on any atom is 0.0294 e. The number of rotatable bonds is 2. The first-order valence-corrected chi connectivity index (χ1v) is 6.86. The van der Waals surface area contributed by atoms with E-state index in [4.69, 9.17) is 5.73 Å². The van der Waals surface area contributed by atoms with Crippen LogP contribution in [0.2, 0.25) is 0 Å². The van der Waals surface area contributed by atoms with Crippen LogP contribution in [0.5, 0.6) is 0 Å². The van der Waals surface area contributed by atoms with Gasteiger partial charge in [0.25, 0.3) is 0 Å². The third kappa shape index (κ3) is 3.43. The molecule has 4 atom stereocenters. The summed E-state index contributed by atoms with van der Waals surface area (Å²) >= 11 is 0. The molecule has 3 heteroatoms. The smallest absolute Gasteiger partial charge is 0.0294 e. The van der Waals surface area contributed by atoms with Crippen molar-refractivity contribution in [3.63, 3.8) is 0 Å². The lowest BCUT2D eigenvalue weighted by molar-refractivity contribution is -0.00694. The number of likely N-dealkylation sites (N-methyl/N-ethyl adjacent to an activating group) is 1. The molecular formula is C14H31N3. The molecule has 0 spiro atoms. The average molecular weight is 241 g/mol. The fourth-order valence-corrected chi connectivity index (χ4v) is 3.34. The SMILES string of the molecule is CC(N)C(N1CC(C)N(C)C(C)C1)C(C)(C)C. The Bertz CT molecular complexity index is 232. The van der Waals surface area contributed by atoms with Crippen LogP contribution in [-0.2, 0) is 0 Å². The molecule has 0 saturated carbocycles. The van der Waals surface area contributed by atoms with Crippen LogP contribution in [0.1, 0.15) is 41.5 Å². The standard InChI is InChI=1S/C14H31N3/c1-10-8-17(9-11(2)16(10)7)13(12(3)15)14(4,5)6/h10-13H,8-9,15H2,1-7H3. The van der Waals surface area contributed by atoms with Gasteiger partial charge in [0.15, 0.2) is 0 Å². The minimum Gasteiger partial charge on any atom is -0.327 e. The average Bonchev–Trinajstić information content (AvgIpc) is 2.10. The Morgan fingerprint density at radius 2 is 1.53 bits per heavy atom. The van der Waals surface area contributed by atoms with Crippen molar-refractivity contribution in [3.05, 3.63) is 0 Å². The summed E-state index contributed by atoms with van der Waals surface area (Å²) in [5.41, 5.74) is 6.46. The van der Waals surface area contributed by atoms with Crippen molar-refractivity contribution in [1.29, 1.82) is 0 Å². The lowest BCUT2D eigenvalue weighted by Gasteiger charge is -2.50. The summed E-state index contributed by atoms with van der Waals surface area (Å²) < 4.78 is 0. The van der Waals surface area contributed by atoms with Crippen LogP contribution < -0.4 is 5.73 Å². The molecule has 1 rings (SSSR count). The molecule has 0 radical (unpaired) electrons. The highest BCUT2D eigenvalue weighted by atomic mass is 15.3. The fourth-order valence-electron chi connectivity index (χ4n) is 3.34. The van der Waals surface area contributed by atoms with Gasteiger partial charge in [-0.1, -0.05) is 20.8 Å². The summed E-state index contributed by atoms with van der Waals surface area (Å²) in [6.45, 7) is 15.9. The molecular weight excluding hydrogens is 210 g/mol. The van der Waals surface area contributed by atoms with E-state index in [-0.39, 0.29) is 11.5 Å². The Kier molecular flexibility index (Phi) is 4.61.